The first kappa shape index (κ1) is 18.4. The minimum Gasteiger partial charge on any atom is -0.467 e. The molecule has 3 aromatic rings. The molecule has 1 fully saturated rings. The van der Waals surface area contributed by atoms with E-state index in [1.54, 1.807) is 17.7 Å². The molecule has 3 heterocycles. The fourth-order valence-corrected chi connectivity index (χ4v) is 5.46. The van der Waals surface area contributed by atoms with Crippen molar-refractivity contribution in [1.82, 2.24) is 14.9 Å². The Morgan fingerprint density at radius 1 is 1.03 bits per heavy atom. The molecule has 2 aliphatic rings. The predicted octanol–water partition coefficient (Wildman–Crippen LogP) is 3.30. The Hall–Kier alpha value is -2.67. The fourth-order valence-electron chi connectivity index (χ4n) is 4.24. The van der Waals surface area contributed by atoms with Gasteiger partial charge in [-0.2, -0.15) is 0 Å². The van der Waals surface area contributed by atoms with Gasteiger partial charge in [-0.3, -0.25) is 4.79 Å². The number of nitrogens with zero attached hydrogens (tertiary/aromatic N) is 4. The second kappa shape index (κ2) is 7.99. The monoisotopic (exact) mass is 408 g/mol. The zero-order chi connectivity index (χ0) is 19.6. The van der Waals surface area contributed by atoms with Gasteiger partial charge in [0.2, 0.25) is 5.88 Å². The van der Waals surface area contributed by atoms with Gasteiger partial charge in [0.1, 0.15) is 11.2 Å². The van der Waals surface area contributed by atoms with E-state index in [2.05, 4.69) is 27.0 Å². The number of carbonyl (C=O) groups excluding carboxylic acids is 1. The van der Waals surface area contributed by atoms with E-state index in [9.17, 15) is 4.79 Å². The zero-order valence-corrected chi connectivity index (χ0v) is 17.2. The summed E-state index contributed by atoms with van der Waals surface area (Å²) in [5.74, 6) is 0.583. The highest BCUT2D eigenvalue weighted by atomic mass is 32.1. The number of fused-ring (bicyclic) bond motifs is 3. The molecular formula is C22H24N4O2S. The van der Waals surface area contributed by atoms with Crippen LogP contribution in [0.25, 0.3) is 10.2 Å². The molecule has 0 bridgehead atoms. The minimum atomic E-state index is 0.0218. The molecule has 1 aliphatic heterocycles. The first-order valence-corrected chi connectivity index (χ1v) is 11.1. The van der Waals surface area contributed by atoms with Crippen molar-refractivity contribution >= 4 is 33.1 Å². The number of thiophene rings is 1. The van der Waals surface area contributed by atoms with Crippen LogP contribution in [0.1, 0.15) is 23.3 Å². The molecule has 0 radical (unpaired) electrons. The van der Waals surface area contributed by atoms with Crippen LogP contribution in [0.2, 0.25) is 0 Å². The number of aryl methyl sites for hydroxylation is 2. The smallest absolute Gasteiger partial charge is 0.260 e. The van der Waals surface area contributed by atoms with Crippen molar-refractivity contribution < 1.29 is 9.53 Å². The SMILES string of the molecule is O=C(COc1ncnc2sc3c(c12)CCCC3)N1CCN(c2ccccc2)CC1. The first-order chi connectivity index (χ1) is 14.3. The molecule has 2 aromatic heterocycles. The van der Waals surface area contributed by atoms with E-state index in [0.717, 1.165) is 36.1 Å². The van der Waals surface area contributed by atoms with E-state index in [4.69, 9.17) is 4.74 Å². The molecule has 1 amide bonds. The van der Waals surface area contributed by atoms with E-state index >= 15 is 0 Å². The number of aromatic nitrogens is 2. The molecule has 0 N–H and O–H groups in total. The van der Waals surface area contributed by atoms with Crippen molar-refractivity contribution in [3.8, 4) is 5.88 Å². The highest BCUT2D eigenvalue weighted by Crippen LogP contribution is 2.38. The molecule has 0 unspecified atom stereocenters. The number of para-hydroxylation sites is 1. The van der Waals surface area contributed by atoms with Crippen molar-refractivity contribution in [2.75, 3.05) is 37.7 Å². The Kier molecular flexibility index (Phi) is 5.06. The lowest BCUT2D eigenvalue weighted by molar-refractivity contribution is -0.133. The van der Waals surface area contributed by atoms with Crippen LogP contribution in [0, 0.1) is 0 Å². The lowest BCUT2D eigenvalue weighted by atomic mass is 9.97. The minimum absolute atomic E-state index is 0.0218. The Labute approximate surface area is 174 Å². The van der Waals surface area contributed by atoms with Crippen molar-refractivity contribution in [2.45, 2.75) is 25.7 Å². The molecule has 5 rings (SSSR count). The number of anilines is 1. The number of carbonyl (C=O) groups is 1. The second-order valence-electron chi connectivity index (χ2n) is 7.56. The number of benzene rings is 1. The maximum absolute atomic E-state index is 12.7. The number of rotatable bonds is 4. The Morgan fingerprint density at radius 2 is 1.83 bits per heavy atom. The fraction of sp³-hybridized carbons (Fsp3) is 0.409. The molecule has 1 saturated heterocycles. The molecule has 0 spiro atoms. The van der Waals surface area contributed by atoms with E-state index < -0.39 is 0 Å². The summed E-state index contributed by atoms with van der Waals surface area (Å²) in [6.07, 6.45) is 6.13. The van der Waals surface area contributed by atoms with Crippen molar-refractivity contribution in [2.24, 2.45) is 0 Å². The third-order valence-corrected chi connectivity index (χ3v) is 7.00. The molecule has 0 saturated carbocycles. The molecule has 1 aromatic carbocycles. The molecular weight excluding hydrogens is 384 g/mol. The Morgan fingerprint density at radius 3 is 2.66 bits per heavy atom. The van der Waals surface area contributed by atoms with Gasteiger partial charge >= 0.3 is 0 Å². The van der Waals surface area contributed by atoms with Crippen LogP contribution in [0.5, 0.6) is 5.88 Å². The van der Waals surface area contributed by atoms with E-state index in [-0.39, 0.29) is 12.5 Å². The standard InChI is InChI=1S/C22H24N4O2S/c27-19(26-12-10-25(11-13-26)16-6-2-1-3-7-16)14-28-21-20-17-8-4-5-9-18(17)29-22(20)24-15-23-21/h1-3,6-7,15H,4-5,8-14H2. The molecule has 150 valence electrons. The van der Waals surface area contributed by atoms with Crippen LogP contribution < -0.4 is 9.64 Å². The normalized spacial score (nSPS) is 16.7. The topological polar surface area (TPSA) is 58.6 Å². The zero-order valence-electron chi connectivity index (χ0n) is 16.3. The maximum atomic E-state index is 12.7. The number of amides is 1. The summed E-state index contributed by atoms with van der Waals surface area (Å²) in [4.78, 5) is 28.1. The summed E-state index contributed by atoms with van der Waals surface area (Å²) >= 11 is 1.74. The predicted molar refractivity (Wildman–Crippen MR) is 115 cm³/mol. The molecule has 29 heavy (non-hydrogen) atoms. The summed E-state index contributed by atoms with van der Waals surface area (Å²) in [5.41, 5.74) is 2.54. The quantitative estimate of drug-likeness (QED) is 0.663. The van der Waals surface area contributed by atoms with Gasteiger partial charge in [0, 0.05) is 36.7 Å². The van der Waals surface area contributed by atoms with Gasteiger partial charge in [-0.25, -0.2) is 9.97 Å². The van der Waals surface area contributed by atoms with Crippen LogP contribution >= 0.6 is 11.3 Å². The lowest BCUT2D eigenvalue weighted by Crippen LogP contribution is -2.50. The third kappa shape index (κ3) is 3.67. The highest BCUT2D eigenvalue weighted by Gasteiger charge is 2.24. The van der Waals surface area contributed by atoms with Gasteiger partial charge < -0.3 is 14.5 Å². The van der Waals surface area contributed by atoms with E-state index in [1.165, 1.54) is 29.0 Å². The van der Waals surface area contributed by atoms with Crippen LogP contribution in [0.3, 0.4) is 0 Å². The Bertz CT molecular complexity index is 1010. The maximum Gasteiger partial charge on any atom is 0.260 e. The number of piperazine rings is 1. The van der Waals surface area contributed by atoms with Gasteiger partial charge in [-0.15, -0.1) is 11.3 Å². The van der Waals surface area contributed by atoms with Crippen molar-refractivity contribution in [3.63, 3.8) is 0 Å². The van der Waals surface area contributed by atoms with Crippen molar-refractivity contribution in [3.05, 3.63) is 47.1 Å². The molecule has 6 nitrogen and oxygen atoms in total. The van der Waals surface area contributed by atoms with Gasteiger partial charge in [-0.1, -0.05) is 18.2 Å². The van der Waals surface area contributed by atoms with Gasteiger partial charge in [0.25, 0.3) is 5.91 Å². The molecule has 0 atom stereocenters. The highest BCUT2D eigenvalue weighted by molar-refractivity contribution is 7.18. The molecule has 1 aliphatic carbocycles. The number of ether oxygens (including phenoxy) is 1. The summed E-state index contributed by atoms with van der Waals surface area (Å²) < 4.78 is 5.92. The largest absolute Gasteiger partial charge is 0.467 e. The van der Waals surface area contributed by atoms with E-state index in [1.807, 2.05) is 23.1 Å². The molecule has 7 heteroatoms. The van der Waals surface area contributed by atoms with Crippen LogP contribution in [0.15, 0.2) is 36.7 Å². The summed E-state index contributed by atoms with van der Waals surface area (Å²) in [6, 6.07) is 10.3. The summed E-state index contributed by atoms with van der Waals surface area (Å²) in [5, 5.41) is 1.02. The summed E-state index contributed by atoms with van der Waals surface area (Å²) in [7, 11) is 0. The second-order valence-corrected chi connectivity index (χ2v) is 8.65. The van der Waals surface area contributed by atoms with Gasteiger partial charge in [0.15, 0.2) is 6.61 Å². The number of hydrogen-bond acceptors (Lipinski definition) is 6. The van der Waals surface area contributed by atoms with Crippen LogP contribution in [-0.4, -0.2) is 53.6 Å². The number of hydrogen-bond donors (Lipinski definition) is 0. The Balaban J connectivity index is 1.23. The van der Waals surface area contributed by atoms with Crippen LogP contribution in [0.4, 0.5) is 5.69 Å². The van der Waals surface area contributed by atoms with Gasteiger partial charge in [-0.05, 0) is 43.4 Å². The third-order valence-electron chi connectivity index (χ3n) is 5.80. The average Bonchev–Trinajstić information content (AvgIpc) is 3.17. The first-order valence-electron chi connectivity index (χ1n) is 10.3. The van der Waals surface area contributed by atoms with Gasteiger partial charge in [0.05, 0.1) is 5.39 Å². The van der Waals surface area contributed by atoms with Crippen molar-refractivity contribution in [1.29, 1.82) is 0 Å². The van der Waals surface area contributed by atoms with E-state index in [0.29, 0.717) is 19.0 Å². The average molecular weight is 409 g/mol. The van der Waals surface area contributed by atoms with Crippen LogP contribution in [-0.2, 0) is 17.6 Å². The summed E-state index contributed by atoms with van der Waals surface area (Å²) in [6.45, 7) is 3.13. The lowest BCUT2D eigenvalue weighted by Gasteiger charge is -2.36.